The smallest absolute Gasteiger partial charge is 0.0939 e. The monoisotopic (exact) mass is 175 g/mol. The molecule has 0 fully saturated rings. The molecule has 1 unspecified atom stereocenters. The molecule has 0 saturated carbocycles. The van der Waals surface area contributed by atoms with Crippen molar-refractivity contribution in [2.45, 2.75) is 32.8 Å². The molecular weight excluding hydrogens is 154 g/mol. The second-order valence-electron chi connectivity index (χ2n) is 3.91. The van der Waals surface area contributed by atoms with Crippen LogP contribution < -0.4 is 5.73 Å². The van der Waals surface area contributed by atoms with Crippen LogP contribution in [0.4, 0.5) is 0 Å². The van der Waals surface area contributed by atoms with Gasteiger partial charge in [-0.15, -0.1) is 0 Å². The molecule has 12 heavy (non-hydrogen) atoms. The summed E-state index contributed by atoms with van der Waals surface area (Å²) < 4.78 is 4.98. The highest BCUT2D eigenvalue weighted by Crippen LogP contribution is 2.32. The van der Waals surface area contributed by atoms with Gasteiger partial charge < -0.3 is 15.6 Å². The molecule has 0 amide bonds. The van der Waals surface area contributed by atoms with Gasteiger partial charge in [0.1, 0.15) is 0 Å². The average Bonchev–Trinajstić information content (AvgIpc) is 2.04. The van der Waals surface area contributed by atoms with E-state index >= 15 is 0 Å². The van der Waals surface area contributed by atoms with Crippen LogP contribution in [0.15, 0.2) is 0 Å². The molecule has 0 aliphatic carbocycles. The fourth-order valence-electron chi connectivity index (χ4n) is 1.20. The summed E-state index contributed by atoms with van der Waals surface area (Å²) in [4.78, 5) is 0. The van der Waals surface area contributed by atoms with Crippen LogP contribution in [-0.2, 0) is 4.74 Å². The summed E-state index contributed by atoms with van der Waals surface area (Å²) >= 11 is 0. The van der Waals surface area contributed by atoms with Crippen molar-refractivity contribution in [2.24, 2.45) is 11.1 Å². The van der Waals surface area contributed by atoms with Crippen LogP contribution in [0.3, 0.4) is 0 Å². The first kappa shape index (κ1) is 11.9. The van der Waals surface area contributed by atoms with E-state index in [0.29, 0.717) is 19.6 Å². The van der Waals surface area contributed by atoms with Crippen molar-refractivity contribution in [1.29, 1.82) is 0 Å². The zero-order chi connectivity index (χ0) is 9.83. The predicted molar refractivity (Wildman–Crippen MR) is 50.0 cm³/mol. The van der Waals surface area contributed by atoms with Gasteiger partial charge in [0.25, 0.3) is 0 Å². The van der Waals surface area contributed by atoms with Gasteiger partial charge in [0, 0.05) is 19.1 Å². The Hall–Kier alpha value is -0.120. The second-order valence-corrected chi connectivity index (χ2v) is 3.91. The van der Waals surface area contributed by atoms with E-state index in [4.69, 9.17) is 10.5 Å². The molecular formula is C9H21NO2. The van der Waals surface area contributed by atoms with Crippen LogP contribution in [-0.4, -0.2) is 31.0 Å². The first-order valence-electron chi connectivity index (χ1n) is 4.35. The Balaban J connectivity index is 4.49. The Morgan fingerprint density at radius 1 is 1.42 bits per heavy atom. The molecule has 0 saturated heterocycles. The molecule has 0 aromatic carbocycles. The highest BCUT2D eigenvalue weighted by atomic mass is 16.5. The van der Waals surface area contributed by atoms with Gasteiger partial charge in [-0.2, -0.15) is 0 Å². The van der Waals surface area contributed by atoms with Crippen LogP contribution in [0.25, 0.3) is 0 Å². The summed E-state index contributed by atoms with van der Waals surface area (Å²) in [5, 5.41) is 10.1. The predicted octanol–water partition coefficient (Wildman–Crippen LogP) is 0.759. The molecule has 0 aliphatic rings. The Kier molecular flexibility index (Phi) is 4.17. The maximum absolute atomic E-state index is 10.1. The maximum atomic E-state index is 10.1. The van der Waals surface area contributed by atoms with E-state index in [-0.39, 0.29) is 5.41 Å². The molecule has 1 atom stereocenters. The Bertz CT molecular complexity index is 136. The van der Waals surface area contributed by atoms with Gasteiger partial charge in [0.2, 0.25) is 0 Å². The zero-order valence-corrected chi connectivity index (χ0v) is 8.55. The van der Waals surface area contributed by atoms with Gasteiger partial charge in [0.05, 0.1) is 12.2 Å². The van der Waals surface area contributed by atoms with Crippen molar-refractivity contribution in [1.82, 2.24) is 0 Å². The Morgan fingerprint density at radius 3 is 2.17 bits per heavy atom. The van der Waals surface area contributed by atoms with E-state index in [0.717, 1.165) is 0 Å². The largest absolute Gasteiger partial charge is 0.387 e. The van der Waals surface area contributed by atoms with Crippen molar-refractivity contribution in [2.75, 3.05) is 20.3 Å². The van der Waals surface area contributed by atoms with Crippen molar-refractivity contribution >= 4 is 0 Å². The van der Waals surface area contributed by atoms with E-state index in [2.05, 4.69) is 0 Å². The summed E-state index contributed by atoms with van der Waals surface area (Å²) in [5.74, 6) is 0. The number of aliphatic hydroxyl groups is 1. The second kappa shape index (κ2) is 4.21. The Morgan fingerprint density at radius 2 is 1.92 bits per heavy atom. The summed E-state index contributed by atoms with van der Waals surface area (Å²) in [7, 11) is 1.59. The van der Waals surface area contributed by atoms with Crippen LogP contribution in [0.1, 0.15) is 27.2 Å². The maximum Gasteiger partial charge on any atom is 0.0939 e. The van der Waals surface area contributed by atoms with Gasteiger partial charge in [-0.05, 0) is 6.42 Å². The first-order chi connectivity index (χ1) is 5.43. The lowest BCUT2D eigenvalue weighted by atomic mass is 9.73. The molecule has 0 radical (unpaired) electrons. The van der Waals surface area contributed by atoms with Crippen LogP contribution in [0.5, 0.6) is 0 Å². The SMILES string of the molecule is CCC(O)(COC)C(C)(C)CN. The van der Waals surface area contributed by atoms with Crippen molar-refractivity contribution in [3.63, 3.8) is 0 Å². The quantitative estimate of drug-likeness (QED) is 0.648. The summed E-state index contributed by atoms with van der Waals surface area (Å²) in [6.07, 6.45) is 0.658. The van der Waals surface area contributed by atoms with Crippen molar-refractivity contribution in [3.05, 3.63) is 0 Å². The normalized spacial score (nSPS) is 17.5. The number of nitrogens with two attached hydrogens (primary N) is 1. The van der Waals surface area contributed by atoms with Gasteiger partial charge >= 0.3 is 0 Å². The molecule has 0 aliphatic heterocycles. The number of hydrogen-bond acceptors (Lipinski definition) is 3. The van der Waals surface area contributed by atoms with Crippen molar-refractivity contribution in [3.8, 4) is 0 Å². The molecule has 0 heterocycles. The minimum atomic E-state index is -0.809. The lowest BCUT2D eigenvalue weighted by Gasteiger charge is -2.41. The lowest BCUT2D eigenvalue weighted by molar-refractivity contribution is -0.110. The van der Waals surface area contributed by atoms with E-state index in [1.54, 1.807) is 7.11 Å². The minimum absolute atomic E-state index is 0.294. The molecule has 0 rings (SSSR count). The average molecular weight is 175 g/mol. The van der Waals surface area contributed by atoms with E-state index in [9.17, 15) is 5.11 Å². The van der Waals surface area contributed by atoms with Gasteiger partial charge in [-0.3, -0.25) is 0 Å². The fraction of sp³-hybridized carbons (Fsp3) is 1.00. The van der Waals surface area contributed by atoms with Gasteiger partial charge in [0.15, 0.2) is 0 Å². The molecule has 3 N–H and O–H groups in total. The highest BCUT2D eigenvalue weighted by Gasteiger charge is 2.40. The third-order valence-corrected chi connectivity index (χ3v) is 2.74. The number of hydrogen-bond donors (Lipinski definition) is 2. The van der Waals surface area contributed by atoms with Crippen LogP contribution >= 0.6 is 0 Å². The lowest BCUT2D eigenvalue weighted by Crippen LogP contribution is -2.51. The minimum Gasteiger partial charge on any atom is -0.387 e. The van der Waals surface area contributed by atoms with E-state index in [1.165, 1.54) is 0 Å². The van der Waals surface area contributed by atoms with Gasteiger partial charge in [-0.25, -0.2) is 0 Å². The number of methoxy groups -OCH3 is 1. The summed E-state index contributed by atoms with van der Waals surface area (Å²) in [5.41, 5.74) is 4.48. The molecule has 74 valence electrons. The molecule has 3 nitrogen and oxygen atoms in total. The van der Waals surface area contributed by atoms with Crippen LogP contribution in [0, 0.1) is 5.41 Å². The van der Waals surface area contributed by atoms with E-state index in [1.807, 2.05) is 20.8 Å². The first-order valence-corrected chi connectivity index (χ1v) is 4.35. The fourth-order valence-corrected chi connectivity index (χ4v) is 1.20. The van der Waals surface area contributed by atoms with E-state index < -0.39 is 5.60 Å². The molecule has 0 bridgehead atoms. The molecule has 3 heteroatoms. The highest BCUT2D eigenvalue weighted by molar-refractivity contribution is 4.92. The Labute approximate surface area is 74.9 Å². The standard InChI is InChI=1S/C9H21NO2/c1-5-9(11,7-12-4)8(2,3)6-10/h11H,5-7,10H2,1-4H3. The number of rotatable bonds is 5. The third-order valence-electron chi connectivity index (χ3n) is 2.74. The van der Waals surface area contributed by atoms with Gasteiger partial charge in [-0.1, -0.05) is 20.8 Å². The molecule has 0 spiro atoms. The molecule has 0 aromatic rings. The zero-order valence-electron chi connectivity index (χ0n) is 8.55. The van der Waals surface area contributed by atoms with Crippen LogP contribution in [0.2, 0.25) is 0 Å². The third kappa shape index (κ3) is 2.19. The summed E-state index contributed by atoms with van der Waals surface area (Å²) in [6, 6.07) is 0. The summed E-state index contributed by atoms with van der Waals surface area (Å²) in [6.45, 7) is 6.65. The van der Waals surface area contributed by atoms with Crippen molar-refractivity contribution < 1.29 is 9.84 Å². The topological polar surface area (TPSA) is 55.5 Å². The molecule has 0 aromatic heterocycles. The number of ether oxygens (including phenoxy) is 1.